The summed E-state index contributed by atoms with van der Waals surface area (Å²) in [5.74, 6) is -0.417. The molecule has 0 aliphatic carbocycles. The fourth-order valence-electron chi connectivity index (χ4n) is 3.39. The minimum atomic E-state index is -0.663. The number of nitrogens with zero attached hydrogens (tertiary/aromatic N) is 1. The lowest BCUT2D eigenvalue weighted by Gasteiger charge is -2.32. The van der Waals surface area contributed by atoms with Crippen LogP contribution in [0.4, 0.5) is 4.39 Å². The van der Waals surface area contributed by atoms with Gasteiger partial charge in [0, 0.05) is 30.3 Å². The van der Waals surface area contributed by atoms with Crippen molar-refractivity contribution in [2.24, 2.45) is 5.92 Å². The Labute approximate surface area is 111 Å². The lowest BCUT2D eigenvalue weighted by atomic mass is 9.89. The van der Waals surface area contributed by atoms with E-state index in [0.29, 0.717) is 5.92 Å². The first-order valence-corrected chi connectivity index (χ1v) is 6.61. The summed E-state index contributed by atoms with van der Waals surface area (Å²) in [6, 6.07) is 3.06. The highest BCUT2D eigenvalue weighted by atomic mass is 19.1. The Kier molecular flexibility index (Phi) is 3.03. The Morgan fingerprint density at radius 1 is 1.53 bits per heavy atom. The standard InChI is InChI=1S/C14H17FN2O2/c1-8-4-12-13-9(2-3-17(12)7-8)5-10(6-11(13)15)14(18)16-19/h5-6,8,12,19H,2-4,7H2,1H3,(H,16,18)/t8-,12?/m1/s1. The summed E-state index contributed by atoms with van der Waals surface area (Å²) in [5, 5.41) is 8.64. The number of rotatable bonds is 1. The van der Waals surface area contributed by atoms with Gasteiger partial charge in [0.2, 0.25) is 0 Å². The number of carbonyl (C=O) groups is 1. The number of hydrogen-bond donors (Lipinski definition) is 2. The second-order valence-corrected chi connectivity index (χ2v) is 5.57. The molecule has 1 saturated heterocycles. The number of hydrogen-bond acceptors (Lipinski definition) is 3. The normalized spacial score (nSPS) is 25.8. The molecule has 0 saturated carbocycles. The van der Waals surface area contributed by atoms with Gasteiger partial charge >= 0.3 is 0 Å². The van der Waals surface area contributed by atoms with Gasteiger partial charge in [-0.2, -0.15) is 0 Å². The van der Waals surface area contributed by atoms with Gasteiger partial charge in [0.1, 0.15) is 5.82 Å². The predicted molar refractivity (Wildman–Crippen MR) is 67.5 cm³/mol. The van der Waals surface area contributed by atoms with Crippen LogP contribution in [0.1, 0.15) is 40.9 Å². The molecule has 1 amide bonds. The van der Waals surface area contributed by atoms with Crippen molar-refractivity contribution >= 4 is 5.91 Å². The average Bonchev–Trinajstić information content (AvgIpc) is 2.77. The maximum atomic E-state index is 14.3. The molecule has 2 aliphatic rings. The molecule has 0 bridgehead atoms. The molecule has 0 radical (unpaired) electrons. The molecule has 2 heterocycles. The summed E-state index contributed by atoms with van der Waals surface area (Å²) in [5.41, 5.74) is 3.37. The Hall–Kier alpha value is -1.46. The largest absolute Gasteiger partial charge is 0.296 e. The minimum Gasteiger partial charge on any atom is -0.296 e. The van der Waals surface area contributed by atoms with Crippen molar-refractivity contribution in [3.05, 3.63) is 34.6 Å². The van der Waals surface area contributed by atoms with Crippen LogP contribution in [-0.4, -0.2) is 29.1 Å². The van der Waals surface area contributed by atoms with Gasteiger partial charge < -0.3 is 0 Å². The molecule has 1 fully saturated rings. The van der Waals surface area contributed by atoms with E-state index in [-0.39, 0.29) is 17.4 Å². The van der Waals surface area contributed by atoms with Crippen LogP contribution in [0.2, 0.25) is 0 Å². The van der Waals surface area contributed by atoms with Crippen molar-refractivity contribution in [3.8, 4) is 0 Å². The molecule has 2 atom stereocenters. The van der Waals surface area contributed by atoms with Crippen LogP contribution in [0.3, 0.4) is 0 Å². The monoisotopic (exact) mass is 264 g/mol. The van der Waals surface area contributed by atoms with Gasteiger partial charge in [-0.05, 0) is 36.5 Å². The van der Waals surface area contributed by atoms with E-state index in [1.54, 1.807) is 11.5 Å². The van der Waals surface area contributed by atoms with Crippen LogP contribution in [0.25, 0.3) is 0 Å². The molecule has 1 aromatic rings. The Bertz CT molecular complexity index is 532. The molecule has 0 aromatic heterocycles. The number of halogens is 1. The van der Waals surface area contributed by atoms with Crippen molar-refractivity contribution in [3.63, 3.8) is 0 Å². The van der Waals surface area contributed by atoms with E-state index in [1.165, 1.54) is 6.07 Å². The minimum absolute atomic E-state index is 0.144. The third kappa shape index (κ3) is 2.03. The van der Waals surface area contributed by atoms with Crippen molar-refractivity contribution < 1.29 is 14.4 Å². The smallest absolute Gasteiger partial charge is 0.274 e. The van der Waals surface area contributed by atoms with Gasteiger partial charge in [-0.1, -0.05) is 6.92 Å². The first kappa shape index (κ1) is 12.6. The summed E-state index contributed by atoms with van der Waals surface area (Å²) in [6.07, 6.45) is 1.72. The highest BCUT2D eigenvalue weighted by molar-refractivity contribution is 5.93. The first-order valence-electron chi connectivity index (χ1n) is 6.61. The fourth-order valence-corrected chi connectivity index (χ4v) is 3.39. The van der Waals surface area contributed by atoms with E-state index in [0.717, 1.165) is 37.1 Å². The van der Waals surface area contributed by atoms with Crippen LogP contribution < -0.4 is 5.48 Å². The predicted octanol–water partition coefficient (Wildman–Crippen LogP) is 1.88. The first-order chi connectivity index (χ1) is 9.10. The molecule has 5 heteroatoms. The third-order valence-electron chi connectivity index (χ3n) is 4.19. The second-order valence-electron chi connectivity index (χ2n) is 5.57. The Morgan fingerprint density at radius 2 is 2.32 bits per heavy atom. The molecule has 102 valence electrons. The molecule has 3 rings (SSSR count). The number of amides is 1. The van der Waals surface area contributed by atoms with Crippen LogP contribution in [0.15, 0.2) is 12.1 Å². The summed E-state index contributed by atoms with van der Waals surface area (Å²) in [6.45, 7) is 4.11. The van der Waals surface area contributed by atoms with Gasteiger partial charge in [-0.15, -0.1) is 0 Å². The van der Waals surface area contributed by atoms with Crippen LogP contribution >= 0.6 is 0 Å². The Balaban J connectivity index is 2.03. The molecule has 2 N–H and O–H groups in total. The number of fused-ring (bicyclic) bond motifs is 3. The number of benzene rings is 1. The van der Waals surface area contributed by atoms with Crippen molar-refractivity contribution in [1.82, 2.24) is 10.4 Å². The summed E-state index contributed by atoms with van der Waals surface area (Å²) in [7, 11) is 0. The number of carbonyl (C=O) groups excluding carboxylic acids is 1. The van der Waals surface area contributed by atoms with Gasteiger partial charge in [-0.25, -0.2) is 9.87 Å². The van der Waals surface area contributed by atoms with Gasteiger partial charge in [0.15, 0.2) is 0 Å². The number of hydroxylamine groups is 1. The molecule has 0 spiro atoms. The third-order valence-corrected chi connectivity index (χ3v) is 4.19. The number of nitrogens with one attached hydrogen (secondary N) is 1. The SMILES string of the molecule is C[C@@H]1CC2c3c(F)cc(C(=O)NO)cc3CCN2C1. The van der Waals surface area contributed by atoms with E-state index >= 15 is 0 Å². The molecular weight excluding hydrogens is 247 g/mol. The summed E-state index contributed by atoms with van der Waals surface area (Å²) < 4.78 is 14.3. The molecular formula is C14H17FN2O2. The lowest BCUT2D eigenvalue weighted by Crippen LogP contribution is -2.32. The maximum Gasteiger partial charge on any atom is 0.274 e. The fraction of sp³-hybridized carbons (Fsp3) is 0.500. The van der Waals surface area contributed by atoms with Crippen molar-refractivity contribution in [2.45, 2.75) is 25.8 Å². The highest BCUT2D eigenvalue weighted by Crippen LogP contribution is 2.41. The van der Waals surface area contributed by atoms with E-state index < -0.39 is 5.91 Å². The van der Waals surface area contributed by atoms with Gasteiger partial charge in [-0.3, -0.25) is 14.9 Å². The van der Waals surface area contributed by atoms with E-state index in [1.807, 2.05) is 0 Å². The van der Waals surface area contributed by atoms with E-state index in [2.05, 4.69) is 11.8 Å². The van der Waals surface area contributed by atoms with Gasteiger partial charge in [0.05, 0.1) is 0 Å². The Morgan fingerprint density at radius 3 is 3.05 bits per heavy atom. The quantitative estimate of drug-likeness (QED) is 0.601. The van der Waals surface area contributed by atoms with E-state index in [4.69, 9.17) is 5.21 Å². The average molecular weight is 264 g/mol. The second kappa shape index (κ2) is 4.58. The summed E-state index contributed by atoms with van der Waals surface area (Å²) >= 11 is 0. The zero-order chi connectivity index (χ0) is 13.6. The van der Waals surface area contributed by atoms with Gasteiger partial charge in [0.25, 0.3) is 5.91 Å². The van der Waals surface area contributed by atoms with Crippen LogP contribution in [0, 0.1) is 11.7 Å². The molecule has 1 aromatic carbocycles. The summed E-state index contributed by atoms with van der Waals surface area (Å²) in [4.78, 5) is 13.7. The van der Waals surface area contributed by atoms with Crippen LogP contribution in [0.5, 0.6) is 0 Å². The lowest BCUT2D eigenvalue weighted by molar-refractivity contribution is 0.0705. The van der Waals surface area contributed by atoms with Crippen molar-refractivity contribution in [1.29, 1.82) is 0 Å². The maximum absolute atomic E-state index is 14.3. The zero-order valence-electron chi connectivity index (χ0n) is 10.8. The van der Waals surface area contributed by atoms with Crippen LogP contribution in [-0.2, 0) is 6.42 Å². The molecule has 2 aliphatic heterocycles. The molecule has 4 nitrogen and oxygen atoms in total. The van der Waals surface area contributed by atoms with E-state index in [9.17, 15) is 9.18 Å². The highest BCUT2D eigenvalue weighted by Gasteiger charge is 2.36. The molecule has 1 unspecified atom stereocenters. The van der Waals surface area contributed by atoms with Crippen molar-refractivity contribution in [2.75, 3.05) is 13.1 Å². The zero-order valence-corrected chi connectivity index (χ0v) is 10.8. The molecule has 19 heavy (non-hydrogen) atoms. The topological polar surface area (TPSA) is 52.6 Å².